The van der Waals surface area contributed by atoms with E-state index in [-0.39, 0.29) is 25.7 Å². The highest BCUT2D eigenvalue weighted by molar-refractivity contribution is 6.21. The summed E-state index contributed by atoms with van der Waals surface area (Å²) in [6.45, 7) is 0.988. The van der Waals surface area contributed by atoms with Crippen LogP contribution in [0.3, 0.4) is 0 Å². The van der Waals surface area contributed by atoms with E-state index < -0.39 is 30.1 Å². The first-order valence-corrected chi connectivity index (χ1v) is 10.6. The van der Waals surface area contributed by atoms with Gasteiger partial charge in [-0.25, -0.2) is 4.79 Å². The summed E-state index contributed by atoms with van der Waals surface area (Å²) in [5, 5.41) is 0. The van der Waals surface area contributed by atoms with Crippen molar-refractivity contribution in [2.24, 2.45) is 0 Å². The van der Waals surface area contributed by atoms with Crippen LogP contribution in [0.15, 0.2) is 42.5 Å². The van der Waals surface area contributed by atoms with E-state index >= 15 is 0 Å². The second-order valence-electron chi connectivity index (χ2n) is 8.19. The number of hydrogen-bond acceptors (Lipinski definition) is 7. The Kier molecular flexibility index (Phi) is 4.37. The number of imide groups is 1. The monoisotopic (exact) mass is 449 g/mol. The summed E-state index contributed by atoms with van der Waals surface area (Å²) in [6.07, 6.45) is -1.30. The van der Waals surface area contributed by atoms with Crippen molar-refractivity contribution in [1.29, 1.82) is 0 Å². The normalized spacial score (nSPS) is 23.8. The minimum Gasteiger partial charge on any atom is -0.489 e. The molecule has 10 nitrogen and oxygen atoms in total. The Bertz CT molecular complexity index is 1180. The van der Waals surface area contributed by atoms with Gasteiger partial charge in [-0.1, -0.05) is 12.1 Å². The molecule has 0 radical (unpaired) electrons. The van der Waals surface area contributed by atoms with Crippen molar-refractivity contribution < 1.29 is 33.4 Å². The van der Waals surface area contributed by atoms with Crippen LogP contribution in [0.5, 0.6) is 5.75 Å². The van der Waals surface area contributed by atoms with Crippen molar-refractivity contribution >= 4 is 35.2 Å². The second-order valence-corrected chi connectivity index (χ2v) is 8.19. The fourth-order valence-corrected chi connectivity index (χ4v) is 4.72. The highest BCUT2D eigenvalue weighted by Gasteiger charge is 2.49. The largest absolute Gasteiger partial charge is 0.489 e. The zero-order chi connectivity index (χ0) is 22.7. The van der Waals surface area contributed by atoms with E-state index in [9.17, 15) is 19.2 Å². The number of cyclic esters (lactones) is 1. The van der Waals surface area contributed by atoms with Gasteiger partial charge in [0.1, 0.15) is 31.1 Å². The predicted octanol–water partition coefficient (Wildman–Crippen LogP) is 1.43. The van der Waals surface area contributed by atoms with Crippen molar-refractivity contribution in [3.05, 3.63) is 53.6 Å². The number of nitrogens with zero attached hydrogens (tertiary/aromatic N) is 3. The number of ether oxygens (including phenoxy) is 3. The predicted molar refractivity (Wildman–Crippen MR) is 113 cm³/mol. The van der Waals surface area contributed by atoms with Gasteiger partial charge < -0.3 is 19.1 Å². The second kappa shape index (κ2) is 7.31. The Labute approximate surface area is 188 Å². The molecule has 2 saturated heterocycles. The molecule has 4 heterocycles. The van der Waals surface area contributed by atoms with Crippen LogP contribution in [0.25, 0.3) is 0 Å². The molecule has 0 aliphatic carbocycles. The number of morpholine rings is 1. The van der Waals surface area contributed by atoms with E-state index in [1.165, 1.54) is 4.90 Å². The van der Waals surface area contributed by atoms with Gasteiger partial charge in [0.15, 0.2) is 0 Å². The summed E-state index contributed by atoms with van der Waals surface area (Å²) in [5.74, 6) is -0.484. The molecule has 4 amide bonds. The zero-order valence-corrected chi connectivity index (χ0v) is 17.4. The Morgan fingerprint density at radius 3 is 2.45 bits per heavy atom. The molecule has 2 atom stereocenters. The fourth-order valence-electron chi connectivity index (χ4n) is 4.72. The molecule has 4 aliphatic heterocycles. The van der Waals surface area contributed by atoms with Gasteiger partial charge >= 0.3 is 6.09 Å². The first-order chi connectivity index (χ1) is 16.0. The third-order valence-corrected chi connectivity index (χ3v) is 6.36. The Hall–Kier alpha value is -3.92. The van der Waals surface area contributed by atoms with E-state index in [1.807, 2.05) is 0 Å². The van der Waals surface area contributed by atoms with E-state index in [0.29, 0.717) is 41.4 Å². The van der Waals surface area contributed by atoms with E-state index in [4.69, 9.17) is 14.2 Å². The van der Waals surface area contributed by atoms with Gasteiger partial charge in [-0.2, -0.15) is 0 Å². The molecule has 0 aromatic heterocycles. The quantitative estimate of drug-likeness (QED) is 0.653. The van der Waals surface area contributed by atoms with Crippen molar-refractivity contribution in [2.45, 2.75) is 12.1 Å². The number of amides is 4. The van der Waals surface area contributed by atoms with Gasteiger partial charge in [-0.3, -0.25) is 24.2 Å². The maximum Gasteiger partial charge on any atom is 0.415 e. The van der Waals surface area contributed by atoms with Gasteiger partial charge in [0.2, 0.25) is 0 Å². The van der Waals surface area contributed by atoms with Gasteiger partial charge in [0.05, 0.1) is 30.0 Å². The van der Waals surface area contributed by atoms with Crippen molar-refractivity contribution in [2.75, 3.05) is 42.7 Å². The van der Waals surface area contributed by atoms with Gasteiger partial charge in [-0.05, 0) is 24.3 Å². The number of carbonyl (C=O) groups is 4. The molecule has 10 heteroatoms. The third-order valence-electron chi connectivity index (χ3n) is 6.36. The molecule has 168 valence electrons. The molecule has 2 fully saturated rings. The lowest BCUT2D eigenvalue weighted by Gasteiger charge is -2.33. The topological polar surface area (TPSA) is 106 Å². The van der Waals surface area contributed by atoms with E-state index in [0.717, 1.165) is 4.90 Å². The first kappa shape index (κ1) is 19.7. The van der Waals surface area contributed by atoms with Crippen LogP contribution in [-0.4, -0.2) is 73.8 Å². The molecule has 2 aromatic carbocycles. The molecule has 0 bridgehead atoms. The Morgan fingerprint density at radius 2 is 1.73 bits per heavy atom. The summed E-state index contributed by atoms with van der Waals surface area (Å²) in [5.41, 5.74) is 1.87. The number of anilines is 2. The van der Waals surface area contributed by atoms with Crippen LogP contribution in [0, 0.1) is 0 Å². The Morgan fingerprint density at radius 1 is 0.970 bits per heavy atom. The van der Waals surface area contributed by atoms with Crippen molar-refractivity contribution in [3.8, 4) is 5.75 Å². The fraction of sp³-hybridized carbons (Fsp3) is 0.304. The molecular weight excluding hydrogens is 430 g/mol. The van der Waals surface area contributed by atoms with Crippen molar-refractivity contribution in [3.63, 3.8) is 0 Å². The third kappa shape index (κ3) is 2.98. The molecule has 0 unspecified atom stereocenters. The molecule has 33 heavy (non-hydrogen) atoms. The molecule has 6 rings (SSSR count). The molecule has 0 spiro atoms. The highest BCUT2D eigenvalue weighted by Crippen LogP contribution is 2.41. The zero-order valence-electron chi connectivity index (χ0n) is 17.4. The Balaban J connectivity index is 1.24. The summed E-state index contributed by atoms with van der Waals surface area (Å²) < 4.78 is 16.7. The van der Waals surface area contributed by atoms with Crippen molar-refractivity contribution in [1.82, 2.24) is 4.90 Å². The number of rotatable bonds is 3. The van der Waals surface area contributed by atoms with Crippen LogP contribution in [-0.2, 0) is 14.3 Å². The van der Waals surface area contributed by atoms with Crippen LogP contribution < -0.4 is 14.5 Å². The van der Waals surface area contributed by atoms with E-state index in [1.54, 1.807) is 47.4 Å². The van der Waals surface area contributed by atoms with Crippen LogP contribution in [0.1, 0.15) is 20.7 Å². The standard InChI is InChI=1S/C23H19N3O7/c27-20-12-31-8-7-24(20)13-5-6-16-18(9-13)32-11-17-19(33-23(30)26(16)17)10-25-21(28)14-3-1-2-4-15(14)22(25)29/h1-6,9,17,19H,7-8,10-12H2/t17-,19+/m1/s1. The molecule has 4 aliphatic rings. The minimum atomic E-state index is -0.728. The van der Waals surface area contributed by atoms with Crippen LogP contribution in [0.4, 0.5) is 16.2 Å². The maximum atomic E-state index is 12.8. The molecule has 0 saturated carbocycles. The average Bonchev–Trinajstić information content (AvgIpc) is 3.28. The number of fused-ring (bicyclic) bond motifs is 4. The lowest BCUT2D eigenvalue weighted by Crippen LogP contribution is -2.49. The van der Waals surface area contributed by atoms with Gasteiger partial charge in [0, 0.05) is 18.3 Å². The number of carbonyl (C=O) groups excluding carboxylic acids is 4. The molecule has 0 N–H and O–H groups in total. The van der Waals surface area contributed by atoms with Crippen LogP contribution in [0.2, 0.25) is 0 Å². The lowest BCUT2D eigenvalue weighted by molar-refractivity contribution is -0.125. The summed E-state index contributed by atoms with van der Waals surface area (Å²) >= 11 is 0. The highest BCUT2D eigenvalue weighted by atomic mass is 16.6. The number of benzene rings is 2. The van der Waals surface area contributed by atoms with Gasteiger partial charge in [-0.15, -0.1) is 0 Å². The average molecular weight is 449 g/mol. The lowest BCUT2D eigenvalue weighted by atomic mass is 10.1. The van der Waals surface area contributed by atoms with Gasteiger partial charge in [0.25, 0.3) is 17.7 Å². The van der Waals surface area contributed by atoms with Crippen LogP contribution >= 0.6 is 0 Å². The summed E-state index contributed by atoms with van der Waals surface area (Å²) in [7, 11) is 0. The summed E-state index contributed by atoms with van der Waals surface area (Å²) in [6, 6.07) is 11.3. The first-order valence-electron chi connectivity index (χ1n) is 10.6. The molecular formula is C23H19N3O7. The SMILES string of the molecule is O=C1c2ccccc2C(=O)N1C[C@@H]1OC(=O)N2c3ccc(N4CCOCC4=O)cc3OC[C@H]12. The smallest absolute Gasteiger partial charge is 0.415 e. The van der Waals surface area contributed by atoms with E-state index in [2.05, 4.69) is 0 Å². The minimum absolute atomic E-state index is 0.0257. The molecule has 2 aromatic rings. The number of hydrogen-bond donors (Lipinski definition) is 0. The summed E-state index contributed by atoms with van der Waals surface area (Å²) in [4.78, 5) is 54.6. The maximum absolute atomic E-state index is 12.8.